The molecule has 16 heavy (non-hydrogen) atoms. The Morgan fingerprint density at radius 3 is 2.81 bits per heavy atom. The summed E-state index contributed by atoms with van der Waals surface area (Å²) in [5, 5.41) is 12.8. The topological polar surface area (TPSA) is 44.7 Å². The van der Waals surface area contributed by atoms with Gasteiger partial charge in [-0.1, -0.05) is 0 Å². The van der Waals surface area contributed by atoms with Crippen molar-refractivity contribution in [3.8, 4) is 11.5 Å². The molecule has 88 valence electrons. The van der Waals surface area contributed by atoms with Gasteiger partial charge in [-0.25, -0.2) is 0 Å². The number of benzene rings is 1. The number of ether oxygens (including phenoxy) is 1. The van der Waals surface area contributed by atoms with Crippen molar-refractivity contribution in [1.29, 1.82) is 0 Å². The number of nitrogens with one attached hydrogen (secondary N) is 1. The zero-order chi connectivity index (χ0) is 11.4. The lowest BCUT2D eigenvalue weighted by molar-refractivity contribution is 0.230. The van der Waals surface area contributed by atoms with E-state index in [4.69, 9.17) is 4.74 Å². The summed E-state index contributed by atoms with van der Waals surface area (Å²) in [6.45, 7) is 4.97. The molecular formula is C12H18N2O2. The van der Waals surface area contributed by atoms with Gasteiger partial charge < -0.3 is 15.2 Å². The van der Waals surface area contributed by atoms with Gasteiger partial charge in [0.15, 0.2) is 0 Å². The molecule has 0 aliphatic carbocycles. The molecule has 1 aromatic rings. The number of hydrogen-bond acceptors (Lipinski definition) is 4. The van der Waals surface area contributed by atoms with Crippen LogP contribution in [0.5, 0.6) is 11.5 Å². The summed E-state index contributed by atoms with van der Waals surface area (Å²) in [4.78, 5) is 2.35. The Morgan fingerprint density at radius 1 is 1.38 bits per heavy atom. The Morgan fingerprint density at radius 2 is 2.12 bits per heavy atom. The van der Waals surface area contributed by atoms with Crippen molar-refractivity contribution in [1.82, 2.24) is 10.2 Å². The molecule has 1 aliphatic heterocycles. The maximum absolute atomic E-state index is 9.48. The summed E-state index contributed by atoms with van der Waals surface area (Å²) >= 11 is 0. The van der Waals surface area contributed by atoms with Gasteiger partial charge in [0.2, 0.25) is 0 Å². The van der Waals surface area contributed by atoms with Crippen LogP contribution in [0.1, 0.15) is 5.56 Å². The van der Waals surface area contributed by atoms with E-state index in [1.165, 1.54) is 0 Å². The second kappa shape index (κ2) is 5.18. The monoisotopic (exact) mass is 222 g/mol. The van der Waals surface area contributed by atoms with Crippen LogP contribution >= 0.6 is 0 Å². The van der Waals surface area contributed by atoms with Crippen molar-refractivity contribution in [3.63, 3.8) is 0 Å². The molecule has 2 rings (SSSR count). The second-order valence-electron chi connectivity index (χ2n) is 4.02. The number of aromatic hydroxyl groups is 1. The molecule has 0 atom stereocenters. The van der Waals surface area contributed by atoms with Crippen molar-refractivity contribution >= 4 is 0 Å². The van der Waals surface area contributed by atoms with Gasteiger partial charge in [-0.2, -0.15) is 0 Å². The largest absolute Gasteiger partial charge is 0.508 e. The molecule has 4 nitrogen and oxygen atoms in total. The fourth-order valence-corrected chi connectivity index (χ4v) is 2.00. The third-order valence-electron chi connectivity index (χ3n) is 2.87. The average Bonchev–Trinajstić information content (AvgIpc) is 2.31. The molecule has 0 aromatic heterocycles. The van der Waals surface area contributed by atoms with E-state index in [0.29, 0.717) is 5.75 Å². The molecule has 0 amide bonds. The zero-order valence-corrected chi connectivity index (χ0v) is 9.57. The fourth-order valence-electron chi connectivity index (χ4n) is 2.00. The molecule has 0 spiro atoms. The SMILES string of the molecule is COc1ccc(O)cc1CN1CCNCC1. The summed E-state index contributed by atoms with van der Waals surface area (Å²) in [5.74, 6) is 1.14. The van der Waals surface area contributed by atoms with Crippen molar-refractivity contribution in [3.05, 3.63) is 23.8 Å². The van der Waals surface area contributed by atoms with Crippen LogP contribution in [0.4, 0.5) is 0 Å². The van der Waals surface area contributed by atoms with Crippen LogP contribution in [-0.2, 0) is 6.54 Å². The van der Waals surface area contributed by atoms with Gasteiger partial charge in [-0.15, -0.1) is 0 Å². The van der Waals surface area contributed by atoms with Crippen LogP contribution < -0.4 is 10.1 Å². The number of hydrogen-bond donors (Lipinski definition) is 2. The van der Waals surface area contributed by atoms with E-state index in [0.717, 1.165) is 44.0 Å². The highest BCUT2D eigenvalue weighted by Gasteiger charge is 2.12. The molecule has 0 saturated carbocycles. The summed E-state index contributed by atoms with van der Waals surface area (Å²) in [7, 11) is 1.66. The van der Waals surface area contributed by atoms with E-state index >= 15 is 0 Å². The molecule has 1 saturated heterocycles. The number of phenolic OH excluding ortho intramolecular Hbond substituents is 1. The molecular weight excluding hydrogens is 204 g/mol. The Bertz CT molecular complexity index is 349. The number of rotatable bonds is 3. The Balaban J connectivity index is 2.09. The van der Waals surface area contributed by atoms with Gasteiger partial charge in [0.05, 0.1) is 7.11 Å². The highest BCUT2D eigenvalue weighted by molar-refractivity contribution is 5.39. The van der Waals surface area contributed by atoms with Crippen molar-refractivity contribution in [2.75, 3.05) is 33.3 Å². The smallest absolute Gasteiger partial charge is 0.123 e. The van der Waals surface area contributed by atoms with Crippen LogP contribution in [0, 0.1) is 0 Å². The van der Waals surface area contributed by atoms with E-state index in [-0.39, 0.29) is 0 Å². The van der Waals surface area contributed by atoms with Gasteiger partial charge in [0.1, 0.15) is 11.5 Å². The fraction of sp³-hybridized carbons (Fsp3) is 0.500. The van der Waals surface area contributed by atoms with E-state index < -0.39 is 0 Å². The van der Waals surface area contributed by atoms with E-state index in [1.54, 1.807) is 19.2 Å². The number of phenols is 1. The lowest BCUT2D eigenvalue weighted by atomic mass is 10.1. The lowest BCUT2D eigenvalue weighted by Crippen LogP contribution is -2.42. The highest BCUT2D eigenvalue weighted by atomic mass is 16.5. The van der Waals surface area contributed by atoms with Gasteiger partial charge >= 0.3 is 0 Å². The Labute approximate surface area is 95.8 Å². The van der Waals surface area contributed by atoms with E-state index in [2.05, 4.69) is 10.2 Å². The molecule has 1 aliphatic rings. The molecule has 1 aromatic carbocycles. The zero-order valence-electron chi connectivity index (χ0n) is 9.57. The standard InChI is InChI=1S/C12H18N2O2/c1-16-12-3-2-11(15)8-10(12)9-14-6-4-13-5-7-14/h2-3,8,13,15H,4-7,9H2,1H3. The first-order chi connectivity index (χ1) is 7.79. The minimum atomic E-state index is 0.297. The maximum Gasteiger partial charge on any atom is 0.123 e. The molecule has 4 heteroatoms. The first-order valence-electron chi connectivity index (χ1n) is 5.58. The Hall–Kier alpha value is -1.26. The highest BCUT2D eigenvalue weighted by Crippen LogP contribution is 2.24. The summed E-state index contributed by atoms with van der Waals surface area (Å²) in [6.07, 6.45) is 0. The van der Waals surface area contributed by atoms with Crippen molar-refractivity contribution in [2.24, 2.45) is 0 Å². The molecule has 0 radical (unpaired) electrons. The minimum Gasteiger partial charge on any atom is -0.508 e. The van der Waals surface area contributed by atoms with Crippen LogP contribution in [0.3, 0.4) is 0 Å². The Kier molecular flexibility index (Phi) is 3.64. The normalized spacial score (nSPS) is 17.3. The third-order valence-corrected chi connectivity index (χ3v) is 2.87. The first kappa shape index (κ1) is 11.2. The second-order valence-corrected chi connectivity index (χ2v) is 4.02. The number of piperazine rings is 1. The summed E-state index contributed by atoms with van der Waals surface area (Å²) in [6, 6.07) is 5.24. The molecule has 1 heterocycles. The van der Waals surface area contributed by atoms with Crippen LogP contribution in [0.25, 0.3) is 0 Å². The van der Waals surface area contributed by atoms with Crippen LogP contribution in [-0.4, -0.2) is 43.3 Å². The summed E-state index contributed by atoms with van der Waals surface area (Å²) in [5.41, 5.74) is 1.05. The number of nitrogens with zero attached hydrogens (tertiary/aromatic N) is 1. The third kappa shape index (κ3) is 2.65. The van der Waals surface area contributed by atoms with Crippen molar-refractivity contribution in [2.45, 2.75) is 6.54 Å². The minimum absolute atomic E-state index is 0.297. The maximum atomic E-state index is 9.48. The van der Waals surface area contributed by atoms with E-state index in [1.807, 2.05) is 6.07 Å². The predicted octanol–water partition coefficient (Wildman–Crippen LogP) is 0.806. The molecule has 1 fully saturated rings. The number of methoxy groups -OCH3 is 1. The predicted molar refractivity (Wildman–Crippen MR) is 62.8 cm³/mol. The van der Waals surface area contributed by atoms with Gasteiger partial charge in [-0.3, -0.25) is 4.90 Å². The lowest BCUT2D eigenvalue weighted by Gasteiger charge is -2.27. The average molecular weight is 222 g/mol. The van der Waals surface area contributed by atoms with Gasteiger partial charge in [0, 0.05) is 38.3 Å². The molecule has 0 bridgehead atoms. The van der Waals surface area contributed by atoms with Gasteiger partial charge in [-0.05, 0) is 18.2 Å². The van der Waals surface area contributed by atoms with Crippen LogP contribution in [0.2, 0.25) is 0 Å². The quantitative estimate of drug-likeness (QED) is 0.794. The van der Waals surface area contributed by atoms with Crippen LogP contribution in [0.15, 0.2) is 18.2 Å². The molecule has 2 N–H and O–H groups in total. The molecule has 0 unspecified atom stereocenters. The summed E-state index contributed by atoms with van der Waals surface area (Å²) < 4.78 is 5.29. The van der Waals surface area contributed by atoms with Crippen molar-refractivity contribution < 1.29 is 9.84 Å². The van der Waals surface area contributed by atoms with Gasteiger partial charge in [0.25, 0.3) is 0 Å². The van der Waals surface area contributed by atoms with E-state index in [9.17, 15) is 5.11 Å². The first-order valence-corrected chi connectivity index (χ1v) is 5.58.